The van der Waals surface area contributed by atoms with E-state index in [9.17, 15) is 9.18 Å². The monoisotopic (exact) mass is 349 g/mol. The lowest BCUT2D eigenvalue weighted by Crippen LogP contribution is -2.44. The Morgan fingerprint density at radius 3 is 2.76 bits per heavy atom. The summed E-state index contributed by atoms with van der Waals surface area (Å²) in [6.07, 6.45) is 2.37. The highest BCUT2D eigenvalue weighted by molar-refractivity contribution is 5.77. The summed E-state index contributed by atoms with van der Waals surface area (Å²) in [6.45, 7) is 6.18. The van der Waals surface area contributed by atoms with Crippen LogP contribution in [0.25, 0.3) is 0 Å². The van der Waals surface area contributed by atoms with Crippen molar-refractivity contribution in [3.8, 4) is 0 Å². The second-order valence-electron chi connectivity index (χ2n) is 7.13. The SMILES string of the molecule is C[C@H](NC(=O)C[C@@H]1CCCO1)c1ccc(N2CCN(C)CC2)c(F)c1. The fourth-order valence-electron chi connectivity index (χ4n) is 3.49. The number of benzene rings is 1. The predicted octanol–water partition coefficient (Wildman–Crippen LogP) is 2.32. The zero-order valence-corrected chi connectivity index (χ0v) is 15.1. The maximum Gasteiger partial charge on any atom is 0.223 e. The van der Waals surface area contributed by atoms with E-state index in [1.165, 1.54) is 0 Å². The van der Waals surface area contributed by atoms with Crippen molar-refractivity contribution >= 4 is 11.6 Å². The molecule has 2 heterocycles. The third-order valence-electron chi connectivity index (χ3n) is 5.13. The van der Waals surface area contributed by atoms with Gasteiger partial charge in [0.05, 0.1) is 24.3 Å². The summed E-state index contributed by atoms with van der Waals surface area (Å²) in [5, 5.41) is 2.95. The number of carbonyl (C=O) groups is 1. The Morgan fingerprint density at radius 2 is 2.12 bits per heavy atom. The Labute approximate surface area is 149 Å². The number of nitrogens with one attached hydrogen (secondary N) is 1. The molecule has 1 aromatic rings. The lowest BCUT2D eigenvalue weighted by Gasteiger charge is -2.34. The number of piperazine rings is 1. The number of likely N-dealkylation sites (N-methyl/N-ethyl adjacent to an activating group) is 1. The van der Waals surface area contributed by atoms with E-state index in [1.54, 1.807) is 6.07 Å². The predicted molar refractivity (Wildman–Crippen MR) is 96.3 cm³/mol. The molecular formula is C19H28FN3O2. The molecule has 2 saturated heterocycles. The van der Waals surface area contributed by atoms with Gasteiger partial charge in [0.2, 0.25) is 5.91 Å². The van der Waals surface area contributed by atoms with E-state index < -0.39 is 0 Å². The molecule has 138 valence electrons. The fraction of sp³-hybridized carbons (Fsp3) is 0.632. The lowest BCUT2D eigenvalue weighted by atomic mass is 10.1. The summed E-state index contributed by atoms with van der Waals surface area (Å²) in [5.41, 5.74) is 1.44. The van der Waals surface area contributed by atoms with Crippen LogP contribution < -0.4 is 10.2 Å². The number of halogens is 1. The van der Waals surface area contributed by atoms with E-state index >= 15 is 0 Å². The highest BCUT2D eigenvalue weighted by Crippen LogP contribution is 2.25. The number of nitrogens with zero attached hydrogens (tertiary/aromatic N) is 2. The normalized spacial score (nSPS) is 22.8. The third-order valence-corrected chi connectivity index (χ3v) is 5.13. The smallest absolute Gasteiger partial charge is 0.223 e. The first kappa shape index (κ1) is 18.1. The van der Waals surface area contributed by atoms with Crippen molar-refractivity contribution in [1.29, 1.82) is 0 Å². The molecule has 25 heavy (non-hydrogen) atoms. The molecule has 3 rings (SSSR count). The zero-order valence-electron chi connectivity index (χ0n) is 15.1. The van der Waals surface area contributed by atoms with Gasteiger partial charge in [-0.05, 0) is 44.5 Å². The minimum atomic E-state index is -0.220. The zero-order chi connectivity index (χ0) is 17.8. The largest absolute Gasteiger partial charge is 0.378 e. The molecule has 6 heteroatoms. The Balaban J connectivity index is 1.58. The second-order valence-corrected chi connectivity index (χ2v) is 7.13. The maximum atomic E-state index is 14.6. The van der Waals surface area contributed by atoms with Crippen LogP contribution in [0.3, 0.4) is 0 Å². The lowest BCUT2D eigenvalue weighted by molar-refractivity contribution is -0.123. The van der Waals surface area contributed by atoms with Crippen LogP contribution in [0.2, 0.25) is 0 Å². The van der Waals surface area contributed by atoms with E-state index in [2.05, 4.69) is 22.2 Å². The minimum Gasteiger partial charge on any atom is -0.378 e. The molecule has 1 N–H and O–H groups in total. The molecule has 1 aromatic carbocycles. The van der Waals surface area contributed by atoms with Crippen molar-refractivity contribution in [2.75, 3.05) is 44.7 Å². The third kappa shape index (κ3) is 4.70. The van der Waals surface area contributed by atoms with Crippen molar-refractivity contribution in [1.82, 2.24) is 10.2 Å². The molecule has 0 spiro atoms. The molecule has 2 aliphatic rings. The average Bonchev–Trinajstić information content (AvgIpc) is 3.08. The first-order valence-electron chi connectivity index (χ1n) is 9.17. The van der Waals surface area contributed by atoms with Gasteiger partial charge >= 0.3 is 0 Å². The van der Waals surface area contributed by atoms with Gasteiger partial charge in [-0.3, -0.25) is 4.79 Å². The van der Waals surface area contributed by atoms with Crippen molar-refractivity contribution < 1.29 is 13.9 Å². The molecule has 0 aromatic heterocycles. The summed E-state index contributed by atoms with van der Waals surface area (Å²) in [7, 11) is 2.08. The number of carbonyl (C=O) groups excluding carboxylic acids is 1. The van der Waals surface area contributed by atoms with Crippen molar-refractivity contribution in [3.63, 3.8) is 0 Å². The molecule has 5 nitrogen and oxygen atoms in total. The van der Waals surface area contributed by atoms with Crippen LogP contribution in [-0.2, 0) is 9.53 Å². The molecule has 2 fully saturated rings. The number of amides is 1. The van der Waals surface area contributed by atoms with Crippen molar-refractivity contribution in [2.24, 2.45) is 0 Å². The van der Waals surface area contributed by atoms with Gasteiger partial charge in [0.1, 0.15) is 5.82 Å². The van der Waals surface area contributed by atoms with Crippen LogP contribution >= 0.6 is 0 Å². The van der Waals surface area contributed by atoms with Gasteiger partial charge < -0.3 is 19.9 Å². The van der Waals surface area contributed by atoms with Crippen LogP contribution in [0, 0.1) is 5.82 Å². The number of rotatable bonds is 5. The molecule has 0 unspecified atom stereocenters. The van der Waals surface area contributed by atoms with Gasteiger partial charge in [0, 0.05) is 32.8 Å². The highest BCUT2D eigenvalue weighted by atomic mass is 19.1. The van der Waals surface area contributed by atoms with Crippen molar-refractivity contribution in [2.45, 2.75) is 38.3 Å². The summed E-state index contributed by atoms with van der Waals surface area (Å²) in [4.78, 5) is 16.4. The molecule has 2 atom stereocenters. The number of ether oxygens (including phenoxy) is 1. The second kappa shape index (κ2) is 8.15. The maximum absolute atomic E-state index is 14.6. The molecule has 0 saturated carbocycles. The standard InChI is InChI=1S/C19H28FN3O2/c1-14(21-19(24)13-16-4-3-11-25-16)15-5-6-18(17(20)12-15)23-9-7-22(2)8-10-23/h5-6,12,14,16H,3-4,7-11,13H2,1-2H3,(H,21,24)/t14-,16-/m0/s1. The molecule has 0 radical (unpaired) electrons. The molecule has 0 bridgehead atoms. The van der Waals surface area contributed by atoms with Crippen LogP contribution in [-0.4, -0.2) is 56.7 Å². The van der Waals surface area contributed by atoms with E-state index in [-0.39, 0.29) is 23.9 Å². The molecular weight excluding hydrogens is 321 g/mol. The van der Waals surface area contributed by atoms with Gasteiger partial charge in [-0.2, -0.15) is 0 Å². The van der Waals surface area contributed by atoms with Gasteiger partial charge in [-0.25, -0.2) is 4.39 Å². The highest BCUT2D eigenvalue weighted by Gasteiger charge is 2.21. The Kier molecular flexibility index (Phi) is 5.91. The Bertz CT molecular complexity index is 596. The van der Waals surface area contributed by atoms with E-state index in [0.717, 1.165) is 51.2 Å². The van der Waals surface area contributed by atoms with E-state index in [0.29, 0.717) is 12.1 Å². The summed E-state index contributed by atoms with van der Waals surface area (Å²) >= 11 is 0. The molecule has 2 aliphatic heterocycles. The molecule has 1 amide bonds. The van der Waals surface area contributed by atoms with Gasteiger partial charge in [0.25, 0.3) is 0 Å². The Morgan fingerprint density at radius 1 is 1.36 bits per heavy atom. The Hall–Kier alpha value is -1.66. The van der Waals surface area contributed by atoms with Gasteiger partial charge in [0.15, 0.2) is 0 Å². The van der Waals surface area contributed by atoms with Gasteiger partial charge in [-0.1, -0.05) is 6.07 Å². The summed E-state index contributed by atoms with van der Waals surface area (Å²) in [5.74, 6) is -0.259. The van der Waals surface area contributed by atoms with Crippen LogP contribution in [0.15, 0.2) is 18.2 Å². The van der Waals surface area contributed by atoms with Crippen molar-refractivity contribution in [3.05, 3.63) is 29.6 Å². The fourth-order valence-corrected chi connectivity index (χ4v) is 3.49. The quantitative estimate of drug-likeness (QED) is 0.886. The average molecular weight is 349 g/mol. The van der Waals surface area contributed by atoms with Crippen LogP contribution in [0.5, 0.6) is 0 Å². The van der Waals surface area contributed by atoms with Crippen LogP contribution in [0.1, 0.15) is 37.8 Å². The molecule has 0 aliphatic carbocycles. The van der Waals surface area contributed by atoms with Crippen LogP contribution in [0.4, 0.5) is 10.1 Å². The number of anilines is 1. The van der Waals surface area contributed by atoms with E-state index in [4.69, 9.17) is 4.74 Å². The first-order valence-corrected chi connectivity index (χ1v) is 9.17. The topological polar surface area (TPSA) is 44.8 Å². The number of hydrogen-bond acceptors (Lipinski definition) is 4. The summed E-state index contributed by atoms with van der Waals surface area (Å²) < 4.78 is 20.1. The number of hydrogen-bond donors (Lipinski definition) is 1. The summed E-state index contributed by atoms with van der Waals surface area (Å²) in [6, 6.07) is 5.07. The van der Waals surface area contributed by atoms with Gasteiger partial charge in [-0.15, -0.1) is 0 Å². The minimum absolute atomic E-state index is 0.0311. The van der Waals surface area contributed by atoms with E-state index in [1.807, 2.05) is 19.1 Å². The first-order chi connectivity index (χ1) is 12.0.